The third-order valence-corrected chi connectivity index (χ3v) is 11.0. The summed E-state index contributed by atoms with van der Waals surface area (Å²) in [6.07, 6.45) is 8.53. The van der Waals surface area contributed by atoms with Crippen molar-refractivity contribution < 1.29 is 9.47 Å². The van der Waals surface area contributed by atoms with Crippen molar-refractivity contribution in [3.05, 3.63) is 216 Å². The van der Waals surface area contributed by atoms with E-state index < -0.39 is 0 Å². The molecule has 0 fully saturated rings. The normalized spacial score (nSPS) is 12.5. The van der Waals surface area contributed by atoms with Crippen LogP contribution >= 0.6 is 0 Å². The fraction of sp³-hybridized carbons (Fsp3) is 0.127. The van der Waals surface area contributed by atoms with Crippen LogP contribution in [0.5, 0.6) is 23.0 Å². The van der Waals surface area contributed by atoms with Gasteiger partial charge in [0.2, 0.25) is 0 Å². The van der Waals surface area contributed by atoms with Crippen LogP contribution in [0.4, 0.5) is 0 Å². The van der Waals surface area contributed by atoms with Crippen molar-refractivity contribution in [1.82, 2.24) is 19.9 Å². The van der Waals surface area contributed by atoms with Crippen molar-refractivity contribution >= 4 is 43.6 Å². The van der Waals surface area contributed by atoms with E-state index in [1.165, 1.54) is 39.8 Å². The minimum Gasteiger partial charge on any atom is -0.455 e. The second-order valence-corrected chi connectivity index (χ2v) is 14.8. The molecular weight excluding hydrogens is 749 g/mol. The molecule has 0 radical (unpaired) electrons. The van der Waals surface area contributed by atoms with Crippen molar-refractivity contribution in [3.8, 4) is 23.0 Å². The van der Waals surface area contributed by atoms with Gasteiger partial charge in [-0.15, -0.1) is 0 Å². The number of fused-ring (bicyclic) bond motifs is 12. The van der Waals surface area contributed by atoms with E-state index in [0.717, 1.165) is 66.6 Å². The topological polar surface area (TPSA) is 70.0 Å². The Bertz CT molecular complexity index is 2750. The van der Waals surface area contributed by atoms with Crippen molar-refractivity contribution in [1.29, 1.82) is 0 Å². The van der Waals surface area contributed by atoms with Gasteiger partial charge in [0.1, 0.15) is 23.0 Å². The second-order valence-electron chi connectivity index (χ2n) is 14.8. The Morgan fingerprint density at radius 1 is 0.344 bits per heavy atom. The SMILES string of the molecule is CC.CCC.c1ccc(C2c3ccc4ncccc4c3Oc3c2ccc2ncccc32)cc1.c1ccc(C2c3ccc4ncccc4c3Oc3c2ccc2ncccc32)cc1. The lowest BCUT2D eigenvalue weighted by Crippen LogP contribution is -2.12. The summed E-state index contributed by atoms with van der Waals surface area (Å²) in [6.45, 7) is 8.25. The molecule has 0 aliphatic carbocycles. The Labute approximate surface area is 356 Å². The monoisotopic (exact) mass is 794 g/mol. The van der Waals surface area contributed by atoms with Gasteiger partial charge in [-0.3, -0.25) is 19.9 Å². The van der Waals surface area contributed by atoms with Gasteiger partial charge in [0.05, 0.1) is 22.1 Å². The van der Waals surface area contributed by atoms with Gasteiger partial charge >= 0.3 is 0 Å². The third-order valence-electron chi connectivity index (χ3n) is 11.0. The maximum absolute atomic E-state index is 6.58. The number of rotatable bonds is 2. The smallest absolute Gasteiger partial charge is 0.141 e. The molecule has 0 atom stereocenters. The van der Waals surface area contributed by atoms with E-state index in [-0.39, 0.29) is 11.8 Å². The number of benzene rings is 6. The zero-order chi connectivity index (χ0) is 41.7. The van der Waals surface area contributed by atoms with Crippen LogP contribution in [0.1, 0.15) is 79.3 Å². The lowest BCUT2D eigenvalue weighted by Gasteiger charge is -2.30. The average molecular weight is 795 g/mol. The molecule has 2 aliphatic rings. The van der Waals surface area contributed by atoms with Crippen LogP contribution in [-0.2, 0) is 0 Å². The number of hydrogen-bond acceptors (Lipinski definition) is 6. The van der Waals surface area contributed by atoms with Gasteiger partial charge in [-0.05, 0) is 83.9 Å². The molecule has 6 heterocycles. The lowest BCUT2D eigenvalue weighted by atomic mass is 9.81. The standard InChI is InChI=1S/2C25H16N2O.C3H8.C2H6/c2*1-2-6-16(7-3-1)23-19-10-12-21-17(8-4-14-26-21)24(19)28-25-18-9-5-15-27-22(18)13-11-20(23)25;1-3-2;1-2/h2*1-15,23H;3H2,1-2H3;1-2H3. The van der Waals surface area contributed by atoms with Gasteiger partial charge in [-0.2, -0.15) is 0 Å². The molecule has 0 saturated heterocycles. The summed E-state index contributed by atoms with van der Waals surface area (Å²) in [5, 5.41) is 4.14. The van der Waals surface area contributed by atoms with Crippen LogP contribution in [0, 0.1) is 0 Å². The molecule has 2 aliphatic heterocycles. The third kappa shape index (κ3) is 7.20. The van der Waals surface area contributed by atoms with E-state index in [0.29, 0.717) is 0 Å². The quantitative estimate of drug-likeness (QED) is 0.174. The van der Waals surface area contributed by atoms with Crippen LogP contribution < -0.4 is 9.47 Å². The summed E-state index contributed by atoms with van der Waals surface area (Å²) in [4.78, 5) is 18.1. The molecule has 6 nitrogen and oxygen atoms in total. The van der Waals surface area contributed by atoms with Gasteiger partial charge in [0.15, 0.2) is 0 Å². The Morgan fingerprint density at radius 3 is 0.869 bits per heavy atom. The first-order valence-corrected chi connectivity index (χ1v) is 21.2. The predicted molar refractivity (Wildman–Crippen MR) is 249 cm³/mol. The van der Waals surface area contributed by atoms with E-state index >= 15 is 0 Å². The Hall–Kier alpha value is -7.44. The Morgan fingerprint density at radius 2 is 0.607 bits per heavy atom. The second kappa shape index (κ2) is 17.4. The van der Waals surface area contributed by atoms with E-state index in [2.05, 4.69) is 167 Å². The molecule has 4 aromatic heterocycles. The molecule has 0 unspecified atom stereocenters. The number of ether oxygens (including phenoxy) is 2. The average Bonchev–Trinajstić information content (AvgIpc) is 3.34. The van der Waals surface area contributed by atoms with Crippen LogP contribution in [-0.4, -0.2) is 19.9 Å². The highest BCUT2D eigenvalue weighted by Crippen LogP contribution is 2.53. The molecule has 12 rings (SSSR count). The van der Waals surface area contributed by atoms with Crippen molar-refractivity contribution in [2.75, 3.05) is 0 Å². The lowest BCUT2D eigenvalue weighted by molar-refractivity contribution is 0.464. The number of nitrogens with zero attached hydrogens (tertiary/aromatic N) is 4. The molecule has 6 aromatic carbocycles. The summed E-state index contributed by atoms with van der Waals surface area (Å²) in [5.74, 6) is 3.78. The van der Waals surface area contributed by atoms with Gasteiger partial charge in [-0.25, -0.2) is 0 Å². The fourth-order valence-electron chi connectivity index (χ4n) is 8.48. The van der Waals surface area contributed by atoms with Gasteiger partial charge < -0.3 is 9.47 Å². The molecule has 0 spiro atoms. The maximum atomic E-state index is 6.58. The molecule has 298 valence electrons. The molecule has 0 bridgehead atoms. The van der Waals surface area contributed by atoms with Gasteiger partial charge in [0.25, 0.3) is 0 Å². The Kier molecular flexibility index (Phi) is 11.2. The molecule has 0 N–H and O–H groups in total. The van der Waals surface area contributed by atoms with E-state index in [4.69, 9.17) is 9.47 Å². The molecule has 10 aromatic rings. The highest BCUT2D eigenvalue weighted by molar-refractivity contribution is 5.94. The van der Waals surface area contributed by atoms with E-state index in [9.17, 15) is 0 Å². The maximum Gasteiger partial charge on any atom is 0.141 e. The number of aromatic nitrogens is 4. The van der Waals surface area contributed by atoms with Crippen molar-refractivity contribution in [2.24, 2.45) is 0 Å². The number of hydrogen-bond donors (Lipinski definition) is 0. The summed E-state index contributed by atoms with van der Waals surface area (Å²) >= 11 is 0. The first-order chi connectivity index (χ1) is 30.2. The minimum atomic E-state index is 0.106. The summed E-state index contributed by atoms with van der Waals surface area (Å²) < 4.78 is 13.2. The molecular formula is C55H46N4O2. The van der Waals surface area contributed by atoms with Gasteiger partial charge in [-0.1, -0.05) is 119 Å². The van der Waals surface area contributed by atoms with E-state index in [1.54, 1.807) is 0 Å². The summed E-state index contributed by atoms with van der Waals surface area (Å²) in [7, 11) is 0. The fourth-order valence-corrected chi connectivity index (χ4v) is 8.48. The molecule has 61 heavy (non-hydrogen) atoms. The molecule has 6 heteroatoms. The molecule has 0 saturated carbocycles. The summed E-state index contributed by atoms with van der Waals surface area (Å²) in [5.41, 5.74) is 10.9. The Balaban J connectivity index is 0.000000142. The van der Waals surface area contributed by atoms with Crippen LogP contribution in [0.2, 0.25) is 0 Å². The minimum absolute atomic E-state index is 0.106. The first kappa shape index (κ1) is 39.0. The van der Waals surface area contributed by atoms with Crippen molar-refractivity contribution in [3.63, 3.8) is 0 Å². The highest BCUT2D eigenvalue weighted by Gasteiger charge is 2.33. The van der Waals surface area contributed by atoms with Crippen LogP contribution in [0.15, 0.2) is 183 Å². The zero-order valence-corrected chi connectivity index (χ0v) is 34.8. The first-order valence-electron chi connectivity index (χ1n) is 21.2. The van der Waals surface area contributed by atoms with Crippen molar-refractivity contribution in [2.45, 2.75) is 46.0 Å². The van der Waals surface area contributed by atoms with Crippen LogP contribution in [0.3, 0.4) is 0 Å². The predicted octanol–water partition coefficient (Wildman–Crippen LogP) is 14.6. The van der Waals surface area contributed by atoms with Crippen LogP contribution in [0.25, 0.3) is 43.6 Å². The molecule has 0 amide bonds. The zero-order valence-electron chi connectivity index (χ0n) is 34.8. The van der Waals surface area contributed by atoms with E-state index in [1.807, 2.05) is 62.9 Å². The largest absolute Gasteiger partial charge is 0.455 e. The highest BCUT2D eigenvalue weighted by atomic mass is 16.5. The van der Waals surface area contributed by atoms with Gasteiger partial charge in [0, 0.05) is 80.4 Å². The summed E-state index contributed by atoms with van der Waals surface area (Å²) in [6, 6.07) is 54.3. The number of pyridine rings is 4.